The Morgan fingerprint density at radius 1 is 1.17 bits per heavy atom. The van der Waals surface area contributed by atoms with Crippen LogP contribution in [0.3, 0.4) is 0 Å². The average molecular weight is 424 g/mol. The van der Waals surface area contributed by atoms with Crippen LogP contribution in [0.25, 0.3) is 23.3 Å². The summed E-state index contributed by atoms with van der Waals surface area (Å²) >= 11 is 1.81. The summed E-state index contributed by atoms with van der Waals surface area (Å²) in [7, 11) is 0. The molecule has 0 aliphatic carbocycles. The molecular formula is C23H29N5OS. The van der Waals surface area contributed by atoms with E-state index in [2.05, 4.69) is 67.9 Å². The molecule has 0 unspecified atom stereocenters. The van der Waals surface area contributed by atoms with Gasteiger partial charge in [-0.1, -0.05) is 34.1 Å². The highest BCUT2D eigenvalue weighted by Gasteiger charge is 2.24. The molecule has 0 N–H and O–H groups in total. The fourth-order valence-corrected chi connectivity index (χ4v) is 4.59. The number of fused-ring (bicyclic) bond motifs is 1. The summed E-state index contributed by atoms with van der Waals surface area (Å²) in [6, 6.07) is 8.14. The van der Waals surface area contributed by atoms with E-state index in [-0.39, 0.29) is 5.41 Å². The third-order valence-electron chi connectivity index (χ3n) is 5.16. The monoisotopic (exact) mass is 423 g/mol. The number of nitrogens with zero attached hydrogens (tertiary/aromatic N) is 5. The quantitative estimate of drug-likeness (QED) is 0.422. The molecule has 158 valence electrons. The standard InChI is InChI=1S/C23H29N5OS/c1-6-8-13-27(7-2)19-12-11-16(30-19)15-17-20(23(3,4)5)26-28-21(17)24-25-22(28)18-10-9-14-29-18/h9-12,14-15H,6-8,13H2,1-5H3. The van der Waals surface area contributed by atoms with Crippen LogP contribution >= 0.6 is 11.3 Å². The van der Waals surface area contributed by atoms with Gasteiger partial charge in [-0.25, -0.2) is 0 Å². The maximum Gasteiger partial charge on any atom is 0.220 e. The van der Waals surface area contributed by atoms with Crippen molar-refractivity contribution in [3.63, 3.8) is 0 Å². The molecule has 0 spiro atoms. The number of unbranched alkanes of at least 4 members (excludes halogenated alkanes) is 1. The lowest BCUT2D eigenvalue weighted by Crippen LogP contribution is -2.22. The molecule has 4 aromatic rings. The van der Waals surface area contributed by atoms with Crippen molar-refractivity contribution in [3.05, 3.63) is 46.3 Å². The van der Waals surface area contributed by atoms with Crippen molar-refractivity contribution in [2.45, 2.75) is 52.9 Å². The fourth-order valence-electron chi connectivity index (χ4n) is 3.55. The Kier molecular flexibility index (Phi) is 5.64. The Morgan fingerprint density at radius 2 is 2.00 bits per heavy atom. The van der Waals surface area contributed by atoms with Crippen LogP contribution in [0.15, 0.2) is 34.9 Å². The smallest absolute Gasteiger partial charge is 0.220 e. The van der Waals surface area contributed by atoms with Crippen molar-refractivity contribution in [2.24, 2.45) is 0 Å². The molecule has 0 aliphatic rings. The molecule has 0 bridgehead atoms. The number of anilines is 1. The average Bonchev–Trinajstić information content (AvgIpc) is 3.47. The number of aromatic nitrogens is 4. The maximum absolute atomic E-state index is 5.54. The molecule has 0 radical (unpaired) electrons. The third-order valence-corrected chi connectivity index (χ3v) is 6.26. The van der Waals surface area contributed by atoms with E-state index in [9.17, 15) is 0 Å². The zero-order chi connectivity index (χ0) is 21.3. The molecule has 7 heteroatoms. The van der Waals surface area contributed by atoms with E-state index >= 15 is 0 Å². The van der Waals surface area contributed by atoms with Crippen LogP contribution in [-0.2, 0) is 5.41 Å². The maximum atomic E-state index is 5.54. The second-order valence-electron chi connectivity index (χ2n) is 8.50. The second kappa shape index (κ2) is 8.22. The van der Waals surface area contributed by atoms with E-state index in [0.29, 0.717) is 11.6 Å². The van der Waals surface area contributed by atoms with Gasteiger partial charge in [0.05, 0.1) is 17.0 Å². The Bertz CT molecular complexity index is 1170. The van der Waals surface area contributed by atoms with E-state index in [1.54, 1.807) is 10.8 Å². The fraction of sp³-hybridized carbons (Fsp3) is 0.435. The molecule has 0 aliphatic heterocycles. The van der Waals surface area contributed by atoms with E-state index < -0.39 is 0 Å². The van der Waals surface area contributed by atoms with Crippen molar-refractivity contribution in [2.75, 3.05) is 18.0 Å². The molecule has 4 rings (SSSR count). The summed E-state index contributed by atoms with van der Waals surface area (Å²) in [6.07, 6.45) is 6.26. The van der Waals surface area contributed by atoms with E-state index in [1.165, 1.54) is 22.7 Å². The first-order valence-electron chi connectivity index (χ1n) is 10.6. The minimum atomic E-state index is -0.121. The zero-order valence-electron chi connectivity index (χ0n) is 18.3. The number of hydrogen-bond acceptors (Lipinski definition) is 6. The van der Waals surface area contributed by atoms with Crippen LogP contribution in [0, 0.1) is 0 Å². The van der Waals surface area contributed by atoms with Gasteiger partial charge >= 0.3 is 0 Å². The largest absolute Gasteiger partial charge is 0.461 e. The summed E-state index contributed by atoms with van der Waals surface area (Å²) in [5.74, 6) is 1.30. The topological polar surface area (TPSA) is 59.5 Å². The van der Waals surface area contributed by atoms with E-state index in [0.717, 1.165) is 29.6 Å². The first kappa shape index (κ1) is 20.6. The van der Waals surface area contributed by atoms with Crippen molar-refractivity contribution < 1.29 is 4.42 Å². The van der Waals surface area contributed by atoms with Gasteiger partial charge in [-0.3, -0.25) is 0 Å². The second-order valence-corrected chi connectivity index (χ2v) is 9.60. The highest BCUT2D eigenvalue weighted by Crippen LogP contribution is 2.28. The Morgan fingerprint density at radius 3 is 2.67 bits per heavy atom. The molecule has 0 atom stereocenters. The lowest BCUT2D eigenvalue weighted by molar-refractivity contribution is 0.554. The minimum absolute atomic E-state index is 0.121. The predicted octanol–water partition coefficient (Wildman–Crippen LogP) is 4.92. The van der Waals surface area contributed by atoms with Gasteiger partial charge in [-0.05, 0) is 43.7 Å². The molecule has 4 aromatic heterocycles. The summed E-state index contributed by atoms with van der Waals surface area (Å²) < 4.78 is 7.34. The Labute approximate surface area is 181 Å². The van der Waals surface area contributed by atoms with Gasteiger partial charge in [0, 0.05) is 28.6 Å². The lowest BCUT2D eigenvalue weighted by Gasteiger charge is -2.20. The van der Waals surface area contributed by atoms with Crippen molar-refractivity contribution in [3.8, 4) is 11.6 Å². The summed E-state index contributed by atoms with van der Waals surface area (Å²) in [5, 5.41) is 16.0. The highest BCUT2D eigenvalue weighted by atomic mass is 32.1. The van der Waals surface area contributed by atoms with Crippen molar-refractivity contribution >= 4 is 28.1 Å². The molecule has 6 nitrogen and oxygen atoms in total. The van der Waals surface area contributed by atoms with Gasteiger partial charge in [0.1, 0.15) is 0 Å². The molecule has 0 amide bonds. The molecule has 30 heavy (non-hydrogen) atoms. The number of thiophene rings is 1. The SMILES string of the molecule is CCCCN(CC)c1ccc(C=c2c(C(C)(C)C)nn3c(-c4ccco4)nnc23)s1. The van der Waals surface area contributed by atoms with Gasteiger partial charge in [0.25, 0.3) is 0 Å². The number of hydrogen-bond donors (Lipinski definition) is 0. The summed E-state index contributed by atoms with van der Waals surface area (Å²) in [6.45, 7) is 13.1. The van der Waals surface area contributed by atoms with Crippen LogP contribution in [0.4, 0.5) is 5.00 Å². The molecular weight excluding hydrogens is 394 g/mol. The number of rotatable bonds is 7. The lowest BCUT2D eigenvalue weighted by atomic mass is 9.91. The van der Waals surface area contributed by atoms with Gasteiger partial charge in [0.15, 0.2) is 11.4 Å². The molecule has 0 saturated carbocycles. The van der Waals surface area contributed by atoms with Crippen LogP contribution in [0.1, 0.15) is 58.0 Å². The predicted molar refractivity (Wildman–Crippen MR) is 123 cm³/mol. The summed E-state index contributed by atoms with van der Waals surface area (Å²) in [5.41, 5.74) is 1.65. The van der Waals surface area contributed by atoms with Gasteiger partial charge in [-0.2, -0.15) is 9.61 Å². The number of furan rings is 1. The zero-order valence-corrected chi connectivity index (χ0v) is 19.2. The first-order valence-corrected chi connectivity index (χ1v) is 11.4. The molecule has 4 heterocycles. The highest BCUT2D eigenvalue weighted by molar-refractivity contribution is 7.16. The van der Waals surface area contributed by atoms with Crippen LogP contribution in [0.5, 0.6) is 0 Å². The van der Waals surface area contributed by atoms with Gasteiger partial charge in [-0.15, -0.1) is 21.5 Å². The molecule has 0 saturated heterocycles. The van der Waals surface area contributed by atoms with Crippen molar-refractivity contribution in [1.29, 1.82) is 0 Å². The summed E-state index contributed by atoms with van der Waals surface area (Å²) in [4.78, 5) is 3.64. The molecule has 0 fully saturated rings. The van der Waals surface area contributed by atoms with Crippen molar-refractivity contribution in [1.82, 2.24) is 19.8 Å². The normalized spacial score (nSPS) is 12.9. The van der Waals surface area contributed by atoms with Crippen LogP contribution in [0.2, 0.25) is 0 Å². The molecule has 0 aromatic carbocycles. The Hall–Kier alpha value is -2.67. The minimum Gasteiger partial charge on any atom is -0.461 e. The van der Waals surface area contributed by atoms with Crippen LogP contribution < -0.4 is 10.1 Å². The first-order chi connectivity index (χ1) is 14.4. The van der Waals surface area contributed by atoms with Crippen LogP contribution in [-0.4, -0.2) is 32.9 Å². The van der Waals surface area contributed by atoms with E-state index in [1.807, 2.05) is 23.5 Å². The van der Waals surface area contributed by atoms with Gasteiger partial charge < -0.3 is 9.32 Å². The van der Waals surface area contributed by atoms with E-state index in [4.69, 9.17) is 9.52 Å². The third kappa shape index (κ3) is 3.86. The Balaban J connectivity index is 1.81. The van der Waals surface area contributed by atoms with Gasteiger partial charge in [0.2, 0.25) is 5.82 Å².